The van der Waals surface area contributed by atoms with Crippen molar-refractivity contribution in [2.75, 3.05) is 6.54 Å². The zero-order chi connectivity index (χ0) is 13.9. The van der Waals surface area contributed by atoms with Crippen LogP contribution in [0.3, 0.4) is 0 Å². The van der Waals surface area contributed by atoms with Crippen molar-refractivity contribution < 1.29 is 17.6 Å². The van der Waals surface area contributed by atoms with Crippen LogP contribution in [-0.4, -0.2) is 20.9 Å². The molecule has 1 atom stereocenters. The predicted octanol–water partition coefficient (Wildman–Crippen LogP) is 1.47. The maximum atomic E-state index is 11.7. The van der Waals surface area contributed by atoms with E-state index in [-0.39, 0.29) is 15.3 Å². The fourth-order valence-electron chi connectivity index (χ4n) is 1.16. The molecular weight excluding hydrogens is 324 g/mol. The van der Waals surface area contributed by atoms with E-state index < -0.39 is 15.9 Å². The summed E-state index contributed by atoms with van der Waals surface area (Å²) in [4.78, 5) is 11.5. The van der Waals surface area contributed by atoms with Crippen LogP contribution in [0.25, 0.3) is 0 Å². The number of hydrogen-bond acceptors (Lipinski definition) is 4. The minimum atomic E-state index is -3.90. The first-order valence-electron chi connectivity index (χ1n) is 5.36. The van der Waals surface area contributed by atoms with Gasteiger partial charge in [0.2, 0.25) is 10.0 Å². The monoisotopic (exact) mass is 338 g/mol. The quantitative estimate of drug-likeness (QED) is 0.848. The molecule has 0 fully saturated rings. The van der Waals surface area contributed by atoms with Crippen LogP contribution in [0.2, 0.25) is 0 Å². The van der Waals surface area contributed by atoms with Gasteiger partial charge in [0.15, 0.2) is 10.4 Å². The standard InChI is InChI=1S/C10H15BrN2O4S/c1-3-6(2)5-13-10(14)7-4-8(9(11)17-7)18(12,15)16/h4,6H,3,5H2,1-2H3,(H,13,14)(H2,12,15,16). The molecule has 0 aliphatic rings. The van der Waals surface area contributed by atoms with E-state index in [9.17, 15) is 13.2 Å². The molecule has 0 saturated carbocycles. The second-order valence-corrected chi connectivity index (χ2v) is 6.27. The summed E-state index contributed by atoms with van der Waals surface area (Å²) < 4.78 is 27.3. The lowest BCUT2D eigenvalue weighted by Gasteiger charge is -2.08. The molecule has 6 nitrogen and oxygen atoms in total. The van der Waals surface area contributed by atoms with Crippen LogP contribution in [-0.2, 0) is 10.0 Å². The van der Waals surface area contributed by atoms with Crippen molar-refractivity contribution in [3.63, 3.8) is 0 Å². The van der Waals surface area contributed by atoms with Gasteiger partial charge in [-0.05, 0) is 21.8 Å². The predicted molar refractivity (Wildman–Crippen MR) is 69.6 cm³/mol. The van der Waals surface area contributed by atoms with E-state index in [1.807, 2.05) is 13.8 Å². The summed E-state index contributed by atoms with van der Waals surface area (Å²) in [6.45, 7) is 4.51. The van der Waals surface area contributed by atoms with E-state index >= 15 is 0 Å². The van der Waals surface area contributed by atoms with Crippen molar-refractivity contribution in [1.82, 2.24) is 5.32 Å². The van der Waals surface area contributed by atoms with Crippen molar-refractivity contribution in [2.45, 2.75) is 25.2 Å². The molecule has 1 amide bonds. The minimum Gasteiger partial charge on any atom is -0.443 e. The SMILES string of the molecule is CCC(C)CNC(=O)c1cc(S(N)(=O)=O)c(Br)o1. The van der Waals surface area contributed by atoms with Crippen molar-refractivity contribution in [3.05, 3.63) is 16.5 Å². The molecule has 1 heterocycles. The van der Waals surface area contributed by atoms with E-state index in [4.69, 9.17) is 9.56 Å². The highest BCUT2D eigenvalue weighted by Crippen LogP contribution is 2.24. The molecule has 8 heteroatoms. The van der Waals surface area contributed by atoms with Crippen molar-refractivity contribution in [3.8, 4) is 0 Å². The summed E-state index contributed by atoms with van der Waals surface area (Å²) in [5.74, 6) is -0.217. The molecule has 1 unspecified atom stereocenters. The van der Waals surface area contributed by atoms with Crippen LogP contribution >= 0.6 is 15.9 Å². The van der Waals surface area contributed by atoms with Crippen LogP contribution < -0.4 is 10.5 Å². The third kappa shape index (κ3) is 3.82. The molecule has 102 valence electrons. The van der Waals surface area contributed by atoms with Gasteiger partial charge in [-0.25, -0.2) is 13.6 Å². The lowest BCUT2D eigenvalue weighted by molar-refractivity contribution is 0.0918. The van der Waals surface area contributed by atoms with E-state index in [2.05, 4.69) is 21.2 Å². The van der Waals surface area contributed by atoms with Crippen LogP contribution in [0.1, 0.15) is 30.8 Å². The molecule has 3 N–H and O–H groups in total. The first-order valence-corrected chi connectivity index (χ1v) is 7.70. The maximum Gasteiger partial charge on any atom is 0.287 e. The van der Waals surface area contributed by atoms with E-state index in [0.717, 1.165) is 12.5 Å². The van der Waals surface area contributed by atoms with E-state index in [0.29, 0.717) is 12.5 Å². The lowest BCUT2D eigenvalue weighted by atomic mass is 10.1. The summed E-state index contributed by atoms with van der Waals surface area (Å²) in [6.07, 6.45) is 0.935. The minimum absolute atomic E-state index is 0.0707. The summed E-state index contributed by atoms with van der Waals surface area (Å²) in [6, 6.07) is 1.10. The number of carbonyl (C=O) groups is 1. The highest BCUT2D eigenvalue weighted by atomic mass is 79.9. The van der Waals surface area contributed by atoms with Gasteiger partial charge in [0.1, 0.15) is 4.90 Å². The number of hydrogen-bond donors (Lipinski definition) is 2. The van der Waals surface area contributed by atoms with Crippen LogP contribution in [0.5, 0.6) is 0 Å². The Morgan fingerprint density at radius 1 is 1.61 bits per heavy atom. The number of nitrogens with two attached hydrogens (primary N) is 1. The topological polar surface area (TPSA) is 102 Å². The Hall–Kier alpha value is -0.860. The smallest absolute Gasteiger partial charge is 0.287 e. The Bertz CT molecular complexity index is 538. The summed E-state index contributed by atoms with van der Waals surface area (Å²) in [5.41, 5.74) is 0. The number of furan rings is 1. The first-order chi connectivity index (χ1) is 8.25. The molecule has 0 aliphatic heterocycles. The fourth-order valence-corrected chi connectivity index (χ4v) is 2.66. The zero-order valence-corrected chi connectivity index (χ0v) is 12.5. The van der Waals surface area contributed by atoms with Gasteiger partial charge in [0.25, 0.3) is 5.91 Å². The van der Waals surface area contributed by atoms with Gasteiger partial charge in [0.05, 0.1) is 0 Å². The average molecular weight is 339 g/mol. The molecule has 1 rings (SSSR count). The number of amides is 1. The first kappa shape index (κ1) is 15.2. The van der Waals surface area contributed by atoms with E-state index in [1.165, 1.54) is 0 Å². The molecule has 0 saturated heterocycles. The highest BCUT2D eigenvalue weighted by molar-refractivity contribution is 9.10. The van der Waals surface area contributed by atoms with Crippen molar-refractivity contribution >= 4 is 31.9 Å². The second-order valence-electron chi connectivity index (χ2n) is 4.02. The van der Waals surface area contributed by atoms with Gasteiger partial charge in [-0.15, -0.1) is 0 Å². The van der Waals surface area contributed by atoms with Crippen LogP contribution in [0.15, 0.2) is 20.0 Å². The molecule has 0 bridgehead atoms. The molecule has 0 aromatic carbocycles. The second kappa shape index (κ2) is 5.85. The van der Waals surface area contributed by atoms with Gasteiger partial charge in [0, 0.05) is 12.6 Å². The van der Waals surface area contributed by atoms with Crippen LogP contribution in [0, 0.1) is 5.92 Å². The Morgan fingerprint density at radius 2 is 2.22 bits per heavy atom. The number of primary sulfonamides is 1. The molecule has 0 radical (unpaired) electrons. The lowest BCUT2D eigenvalue weighted by Crippen LogP contribution is -2.27. The Kier molecular flexibility index (Phi) is 4.94. The molecule has 0 spiro atoms. The number of sulfonamides is 1. The molecular formula is C10H15BrN2O4S. The molecule has 18 heavy (non-hydrogen) atoms. The van der Waals surface area contributed by atoms with Gasteiger partial charge in [-0.1, -0.05) is 20.3 Å². The number of carbonyl (C=O) groups excluding carboxylic acids is 1. The molecule has 1 aromatic heterocycles. The Balaban J connectivity index is 2.83. The van der Waals surface area contributed by atoms with E-state index in [1.54, 1.807) is 0 Å². The Morgan fingerprint density at radius 3 is 2.67 bits per heavy atom. The maximum absolute atomic E-state index is 11.7. The highest BCUT2D eigenvalue weighted by Gasteiger charge is 2.22. The third-order valence-corrected chi connectivity index (χ3v) is 4.26. The van der Waals surface area contributed by atoms with Crippen molar-refractivity contribution in [1.29, 1.82) is 0 Å². The summed E-state index contributed by atoms with van der Waals surface area (Å²) >= 11 is 2.91. The number of nitrogens with one attached hydrogen (secondary N) is 1. The van der Waals surface area contributed by atoms with Crippen molar-refractivity contribution in [2.24, 2.45) is 11.1 Å². The summed E-state index contributed by atoms with van der Waals surface area (Å²) in [7, 11) is -3.90. The average Bonchev–Trinajstić information content (AvgIpc) is 2.67. The normalized spacial score (nSPS) is 13.3. The Labute approximate surface area is 114 Å². The fraction of sp³-hybridized carbons (Fsp3) is 0.500. The largest absolute Gasteiger partial charge is 0.443 e. The third-order valence-electron chi connectivity index (χ3n) is 2.49. The van der Waals surface area contributed by atoms with Gasteiger partial charge in [-0.3, -0.25) is 4.79 Å². The van der Waals surface area contributed by atoms with Gasteiger partial charge < -0.3 is 9.73 Å². The molecule has 0 aliphatic carbocycles. The zero-order valence-electron chi connectivity index (χ0n) is 10.1. The number of halogens is 1. The van der Waals surface area contributed by atoms with Crippen LogP contribution in [0.4, 0.5) is 0 Å². The number of rotatable bonds is 5. The summed E-state index contributed by atoms with van der Waals surface area (Å²) in [5, 5.41) is 7.62. The van der Waals surface area contributed by atoms with Gasteiger partial charge >= 0.3 is 0 Å². The molecule has 1 aromatic rings. The van der Waals surface area contributed by atoms with Gasteiger partial charge in [-0.2, -0.15) is 0 Å².